The fourth-order valence-electron chi connectivity index (χ4n) is 4.01. The molecule has 0 fully saturated rings. The number of Topliss-reactive ketones (excluding diaryl/α,β-unsaturated/α-hetero) is 1. The Hall–Kier alpha value is -4.87. The normalized spacial score (nSPS) is 11.7. The number of carbonyl (C=O) groups is 2. The molecular weight excluding hydrogens is 504 g/mol. The largest absolute Gasteiger partial charge is 0.478 e. The monoisotopic (exact) mass is 536 g/mol. The summed E-state index contributed by atoms with van der Waals surface area (Å²) in [6.07, 6.45) is 0.525. The van der Waals surface area contributed by atoms with Gasteiger partial charge in [-0.15, -0.1) is 0 Å². The van der Waals surface area contributed by atoms with E-state index in [1.807, 2.05) is 74.8 Å². The van der Waals surface area contributed by atoms with Crippen LogP contribution >= 0.6 is 0 Å². The number of carboxylic acids is 1. The van der Waals surface area contributed by atoms with E-state index in [1.165, 1.54) is 6.07 Å². The molecule has 1 N–H and O–H groups in total. The Labute approximate surface area is 234 Å². The van der Waals surface area contributed by atoms with Crippen LogP contribution in [0.4, 0.5) is 0 Å². The number of aromatic nitrogens is 1. The highest BCUT2D eigenvalue weighted by atomic mass is 16.5. The van der Waals surface area contributed by atoms with Gasteiger partial charge in [0.1, 0.15) is 17.0 Å². The second kappa shape index (κ2) is 11.9. The van der Waals surface area contributed by atoms with Crippen LogP contribution in [-0.2, 0) is 4.79 Å². The van der Waals surface area contributed by atoms with Crippen LogP contribution in [0.15, 0.2) is 101 Å². The number of allylic oxidation sites excluding steroid dienone is 1. The van der Waals surface area contributed by atoms with E-state index in [4.69, 9.17) is 14.1 Å². The summed E-state index contributed by atoms with van der Waals surface area (Å²) in [4.78, 5) is 32.3. The van der Waals surface area contributed by atoms with Crippen molar-refractivity contribution in [1.82, 2.24) is 9.88 Å². The van der Waals surface area contributed by atoms with E-state index >= 15 is 0 Å². The Morgan fingerprint density at radius 2 is 1.57 bits per heavy atom. The van der Waals surface area contributed by atoms with Crippen molar-refractivity contribution in [3.63, 3.8) is 0 Å². The van der Waals surface area contributed by atoms with Crippen molar-refractivity contribution in [2.45, 2.75) is 26.9 Å². The fraction of sp³-hybridized carbons (Fsp3) is 0.212. The first-order valence-electron chi connectivity index (χ1n) is 12.8. The van der Waals surface area contributed by atoms with Crippen LogP contribution in [-0.4, -0.2) is 46.9 Å². The van der Waals surface area contributed by atoms with Gasteiger partial charge in [-0.2, -0.15) is 0 Å². The summed E-state index contributed by atoms with van der Waals surface area (Å²) in [5, 5.41) is 9.69. The summed E-state index contributed by atoms with van der Waals surface area (Å²) in [7, 11) is 3.64. The molecule has 3 aromatic carbocycles. The third kappa shape index (κ3) is 6.57. The van der Waals surface area contributed by atoms with Crippen LogP contribution < -0.4 is 4.74 Å². The van der Waals surface area contributed by atoms with Crippen molar-refractivity contribution in [1.29, 1.82) is 0 Å². The zero-order valence-electron chi connectivity index (χ0n) is 23.2. The van der Waals surface area contributed by atoms with Crippen LogP contribution in [0.2, 0.25) is 0 Å². The van der Waals surface area contributed by atoms with E-state index in [-0.39, 0.29) is 22.8 Å². The highest BCUT2D eigenvalue weighted by molar-refractivity contribution is 6.28. The third-order valence-corrected chi connectivity index (χ3v) is 5.98. The van der Waals surface area contributed by atoms with Crippen LogP contribution in [0, 0.1) is 5.41 Å². The quantitative estimate of drug-likeness (QED) is 0.142. The number of nitrogens with zero attached hydrogens (tertiary/aromatic N) is 2. The second-order valence-corrected chi connectivity index (χ2v) is 10.6. The van der Waals surface area contributed by atoms with Gasteiger partial charge in [-0.1, -0.05) is 99.3 Å². The molecule has 0 aliphatic rings. The van der Waals surface area contributed by atoms with Gasteiger partial charge in [-0.05, 0) is 12.1 Å². The molecule has 0 bridgehead atoms. The Morgan fingerprint density at radius 3 is 2.15 bits per heavy atom. The summed E-state index contributed by atoms with van der Waals surface area (Å²) in [6.45, 7) is 5.35. The van der Waals surface area contributed by atoms with Crippen molar-refractivity contribution >= 4 is 17.3 Å². The van der Waals surface area contributed by atoms with Crippen LogP contribution in [0.25, 0.3) is 28.2 Å². The summed E-state index contributed by atoms with van der Waals surface area (Å²) in [6, 6.07) is 25.7. The van der Waals surface area contributed by atoms with Crippen molar-refractivity contribution in [2.24, 2.45) is 5.41 Å². The average Bonchev–Trinajstić information content (AvgIpc) is 3.37. The molecule has 40 heavy (non-hydrogen) atoms. The Balaban J connectivity index is 1.81. The Morgan fingerprint density at radius 1 is 0.950 bits per heavy atom. The second-order valence-electron chi connectivity index (χ2n) is 10.6. The molecule has 4 aromatic rings. The number of ether oxygens (including phenoxy) is 1. The number of ketones is 1. The first kappa shape index (κ1) is 28.1. The van der Waals surface area contributed by atoms with E-state index in [2.05, 4.69) is 5.73 Å². The lowest BCUT2D eigenvalue weighted by atomic mass is 9.89. The molecule has 0 spiro atoms. The molecule has 0 aliphatic heterocycles. The molecule has 4 rings (SSSR count). The van der Waals surface area contributed by atoms with Crippen molar-refractivity contribution in [2.75, 3.05) is 14.1 Å². The summed E-state index contributed by atoms with van der Waals surface area (Å²) < 4.78 is 12.1. The van der Waals surface area contributed by atoms with E-state index in [0.29, 0.717) is 11.5 Å². The minimum atomic E-state index is -1.10. The summed E-state index contributed by atoms with van der Waals surface area (Å²) >= 11 is 0. The maximum absolute atomic E-state index is 13.9. The minimum Gasteiger partial charge on any atom is -0.478 e. The van der Waals surface area contributed by atoms with Crippen LogP contribution in [0.5, 0.6) is 5.75 Å². The molecule has 0 saturated heterocycles. The summed E-state index contributed by atoms with van der Waals surface area (Å²) in [5.41, 5.74) is 5.07. The van der Waals surface area contributed by atoms with Gasteiger partial charge in [0.25, 0.3) is 0 Å². The van der Waals surface area contributed by atoms with Crippen molar-refractivity contribution < 1.29 is 23.8 Å². The zero-order chi connectivity index (χ0) is 28.9. The fourth-order valence-corrected chi connectivity index (χ4v) is 4.01. The molecular formula is C33H32N2O5. The molecule has 1 heterocycles. The molecule has 0 radical (unpaired) electrons. The van der Waals surface area contributed by atoms with E-state index in [0.717, 1.165) is 11.1 Å². The van der Waals surface area contributed by atoms with Crippen molar-refractivity contribution in [3.05, 3.63) is 108 Å². The third-order valence-electron chi connectivity index (χ3n) is 5.98. The molecule has 0 amide bonds. The standard InChI is InChI=1S/C33H32N2O5/c1-33(2,3)30(32(37)38)39-25-18-12-17-24(21-25)28(36)26(19-20-35(4)5)31-34-27(22-13-8-6-9-14-22)29(40-31)23-15-10-7-11-16-23/h6-18,20-21,30H,1-5H3,(H,37,38). The lowest BCUT2D eigenvalue weighted by Gasteiger charge is -2.27. The molecule has 0 saturated carbocycles. The number of carboxylic acid groups (broad SMARTS) is 1. The number of rotatable bonds is 9. The van der Waals surface area contributed by atoms with Gasteiger partial charge in [0.15, 0.2) is 11.9 Å². The molecule has 7 nitrogen and oxygen atoms in total. The van der Waals surface area contributed by atoms with Gasteiger partial charge in [-0.25, -0.2) is 9.78 Å². The lowest BCUT2D eigenvalue weighted by molar-refractivity contribution is -0.150. The number of oxazole rings is 1. The maximum Gasteiger partial charge on any atom is 0.345 e. The van der Waals surface area contributed by atoms with Gasteiger partial charge >= 0.3 is 5.97 Å². The topological polar surface area (TPSA) is 92.9 Å². The molecule has 1 unspecified atom stereocenters. The minimum absolute atomic E-state index is 0.116. The SMILES string of the molecule is CN(C)C=C=C(C(=O)c1cccc(OC(C(=O)O)C(C)(C)C)c1)c1nc(-c2ccccc2)c(-c2ccccc2)o1. The number of aliphatic carboxylic acids is 1. The molecule has 204 valence electrons. The molecule has 1 aromatic heterocycles. The number of carbonyl (C=O) groups excluding carboxylic acids is 1. The summed E-state index contributed by atoms with van der Waals surface area (Å²) in [5.74, 6) is -0.561. The average molecular weight is 537 g/mol. The van der Waals surface area contributed by atoms with Gasteiger partial charge < -0.3 is 19.2 Å². The van der Waals surface area contributed by atoms with Gasteiger partial charge in [0, 0.05) is 42.4 Å². The Bertz CT molecular complexity index is 1500. The lowest BCUT2D eigenvalue weighted by Crippen LogP contribution is -2.39. The van der Waals surface area contributed by atoms with Gasteiger partial charge in [-0.3, -0.25) is 4.79 Å². The predicted molar refractivity (Wildman–Crippen MR) is 155 cm³/mol. The number of hydrogen-bond acceptors (Lipinski definition) is 6. The molecule has 1 atom stereocenters. The first-order chi connectivity index (χ1) is 19.0. The molecule has 7 heteroatoms. The maximum atomic E-state index is 13.9. The highest BCUT2D eigenvalue weighted by Crippen LogP contribution is 2.35. The van der Waals surface area contributed by atoms with E-state index in [1.54, 1.807) is 50.1 Å². The zero-order valence-corrected chi connectivity index (χ0v) is 23.2. The van der Waals surface area contributed by atoms with Gasteiger partial charge in [0.05, 0.1) is 0 Å². The predicted octanol–water partition coefficient (Wildman–Crippen LogP) is 6.83. The van der Waals surface area contributed by atoms with Gasteiger partial charge in [0.2, 0.25) is 11.7 Å². The van der Waals surface area contributed by atoms with Crippen LogP contribution in [0.3, 0.4) is 0 Å². The molecule has 0 aliphatic carbocycles. The Kier molecular flexibility index (Phi) is 8.37. The highest BCUT2D eigenvalue weighted by Gasteiger charge is 2.33. The number of benzene rings is 3. The van der Waals surface area contributed by atoms with Crippen LogP contribution in [0.1, 0.15) is 37.0 Å². The van der Waals surface area contributed by atoms with E-state index < -0.39 is 23.3 Å². The smallest absolute Gasteiger partial charge is 0.345 e. The first-order valence-corrected chi connectivity index (χ1v) is 12.8. The van der Waals surface area contributed by atoms with Crippen molar-refractivity contribution in [3.8, 4) is 28.3 Å². The number of hydrogen-bond donors (Lipinski definition) is 1. The van der Waals surface area contributed by atoms with E-state index in [9.17, 15) is 14.7 Å².